The molecule has 1 N–H and O–H groups in total. The largest absolute Gasteiger partial charge is 0.500 e. The molecule has 0 saturated carbocycles. The number of ether oxygens (including phenoxy) is 1. The van der Waals surface area contributed by atoms with Crippen LogP contribution in [-0.2, 0) is 9.53 Å². The van der Waals surface area contributed by atoms with Crippen LogP contribution >= 0.6 is 11.8 Å². The molecule has 0 aliphatic carbocycles. The first-order valence-corrected chi connectivity index (χ1v) is 4.23. The van der Waals surface area contributed by atoms with Gasteiger partial charge in [0, 0.05) is 12.7 Å². The van der Waals surface area contributed by atoms with Gasteiger partial charge in [0.1, 0.15) is 5.76 Å². The lowest BCUT2D eigenvalue weighted by Gasteiger charge is -2.09. The van der Waals surface area contributed by atoms with Crippen molar-refractivity contribution >= 4 is 16.9 Å². The summed E-state index contributed by atoms with van der Waals surface area (Å²) in [5, 5.41) is 8.66. The molecule has 0 radical (unpaired) electrons. The Balaban J connectivity index is 2.56. The van der Waals surface area contributed by atoms with Crippen molar-refractivity contribution in [2.24, 2.45) is 0 Å². The average molecular weight is 174 g/mol. The Morgan fingerprint density at radius 1 is 1.82 bits per heavy atom. The van der Waals surface area contributed by atoms with Crippen molar-refractivity contribution < 1.29 is 14.6 Å². The second-order valence-electron chi connectivity index (χ2n) is 2.19. The average Bonchev–Trinajstić information content (AvgIpc) is 2.32. The molecule has 0 saturated heterocycles. The van der Waals surface area contributed by atoms with Crippen LogP contribution in [-0.4, -0.2) is 29.2 Å². The summed E-state index contributed by atoms with van der Waals surface area (Å²) in [6.45, 7) is 0.0889. The quantitative estimate of drug-likeness (QED) is 0.678. The van der Waals surface area contributed by atoms with Crippen molar-refractivity contribution in [1.82, 2.24) is 0 Å². The van der Waals surface area contributed by atoms with Gasteiger partial charge in [0.05, 0.1) is 12.4 Å². The van der Waals surface area contributed by atoms with Crippen LogP contribution in [0.5, 0.6) is 0 Å². The lowest BCUT2D eigenvalue weighted by atomic mass is 10.2. The third-order valence-corrected chi connectivity index (χ3v) is 2.57. The first kappa shape index (κ1) is 8.62. The number of hydrogen-bond acceptors (Lipinski definition) is 4. The molecule has 0 spiro atoms. The Morgan fingerprint density at radius 2 is 2.55 bits per heavy atom. The smallest absolute Gasteiger partial charge is 0.216 e. The van der Waals surface area contributed by atoms with Crippen molar-refractivity contribution in [3.05, 3.63) is 11.8 Å². The molecule has 0 aromatic carbocycles. The number of hydrogen-bond donors (Lipinski definition) is 1. The van der Waals surface area contributed by atoms with Gasteiger partial charge in [-0.3, -0.25) is 4.79 Å². The second kappa shape index (κ2) is 3.78. The number of aliphatic hydroxyl groups is 1. The fraction of sp³-hybridized carbons (Fsp3) is 0.571. The van der Waals surface area contributed by atoms with Crippen LogP contribution in [0, 0.1) is 0 Å². The van der Waals surface area contributed by atoms with E-state index in [1.165, 1.54) is 24.9 Å². The third-order valence-electron chi connectivity index (χ3n) is 1.46. The van der Waals surface area contributed by atoms with E-state index in [1.807, 2.05) is 0 Å². The molecule has 0 amide bonds. The molecule has 0 bridgehead atoms. The number of thioether (sulfide) groups is 1. The Morgan fingerprint density at radius 3 is 3.09 bits per heavy atom. The Bertz CT molecular complexity index is 188. The maximum absolute atomic E-state index is 10.8. The summed E-state index contributed by atoms with van der Waals surface area (Å²) in [4.78, 5) is 10.8. The molecule has 4 heteroatoms. The van der Waals surface area contributed by atoms with Crippen molar-refractivity contribution in [3.63, 3.8) is 0 Å². The zero-order chi connectivity index (χ0) is 8.27. The summed E-state index contributed by atoms with van der Waals surface area (Å²) in [5.41, 5.74) is 0. The Kier molecular flexibility index (Phi) is 2.96. The summed E-state index contributed by atoms with van der Waals surface area (Å²) in [5.74, 6) is 0.675. The van der Waals surface area contributed by atoms with Gasteiger partial charge >= 0.3 is 0 Å². The summed E-state index contributed by atoms with van der Waals surface area (Å²) >= 11 is 1.21. The molecular weight excluding hydrogens is 164 g/mol. The highest BCUT2D eigenvalue weighted by Crippen LogP contribution is 2.30. The first-order valence-electron chi connectivity index (χ1n) is 3.35. The molecule has 0 aromatic heterocycles. The molecule has 11 heavy (non-hydrogen) atoms. The van der Waals surface area contributed by atoms with Gasteiger partial charge < -0.3 is 9.84 Å². The molecule has 1 rings (SSSR count). The molecule has 0 aromatic rings. The molecule has 1 aliphatic heterocycles. The minimum atomic E-state index is 0.0142. The van der Waals surface area contributed by atoms with E-state index in [4.69, 9.17) is 9.84 Å². The number of aliphatic hydroxyl groups excluding tert-OH is 1. The van der Waals surface area contributed by atoms with E-state index in [0.29, 0.717) is 12.2 Å². The van der Waals surface area contributed by atoms with Gasteiger partial charge in [0.2, 0.25) is 5.12 Å². The van der Waals surface area contributed by atoms with E-state index in [1.54, 1.807) is 0 Å². The second-order valence-corrected chi connectivity index (χ2v) is 3.40. The molecule has 0 fully saturated rings. The highest BCUT2D eigenvalue weighted by atomic mass is 32.2. The van der Waals surface area contributed by atoms with Crippen molar-refractivity contribution in [2.75, 3.05) is 13.7 Å². The van der Waals surface area contributed by atoms with Gasteiger partial charge in [0.15, 0.2) is 0 Å². The SMILES string of the molecule is COC1=CC(=O)SC1CCO. The van der Waals surface area contributed by atoms with E-state index in [2.05, 4.69) is 0 Å². The minimum absolute atomic E-state index is 0.0142. The molecule has 1 heterocycles. The highest BCUT2D eigenvalue weighted by Gasteiger charge is 2.25. The van der Waals surface area contributed by atoms with E-state index < -0.39 is 0 Å². The van der Waals surface area contributed by atoms with E-state index in [-0.39, 0.29) is 17.0 Å². The van der Waals surface area contributed by atoms with Crippen LogP contribution in [0.25, 0.3) is 0 Å². The monoisotopic (exact) mass is 174 g/mol. The van der Waals surface area contributed by atoms with E-state index in [0.717, 1.165) is 0 Å². The Hall–Kier alpha value is -0.480. The van der Waals surface area contributed by atoms with Crippen LogP contribution in [0.1, 0.15) is 6.42 Å². The molecule has 3 nitrogen and oxygen atoms in total. The third kappa shape index (κ3) is 1.97. The normalized spacial score (nSPS) is 23.6. The maximum atomic E-state index is 10.8. The lowest BCUT2D eigenvalue weighted by molar-refractivity contribution is -0.107. The maximum Gasteiger partial charge on any atom is 0.216 e. The topological polar surface area (TPSA) is 46.5 Å². The van der Waals surface area contributed by atoms with Crippen LogP contribution in [0.4, 0.5) is 0 Å². The molecular formula is C7H10O3S. The highest BCUT2D eigenvalue weighted by molar-refractivity contribution is 8.15. The summed E-state index contributed by atoms with van der Waals surface area (Å²) in [7, 11) is 1.54. The summed E-state index contributed by atoms with van der Waals surface area (Å²) < 4.78 is 4.96. The van der Waals surface area contributed by atoms with Crippen LogP contribution in [0.15, 0.2) is 11.8 Å². The fourth-order valence-electron chi connectivity index (χ4n) is 0.950. The van der Waals surface area contributed by atoms with Gasteiger partial charge in [-0.05, 0) is 6.42 Å². The van der Waals surface area contributed by atoms with Gasteiger partial charge in [-0.1, -0.05) is 11.8 Å². The predicted octanol–water partition coefficient (Wildman–Crippen LogP) is 0.541. The van der Waals surface area contributed by atoms with Crippen molar-refractivity contribution in [2.45, 2.75) is 11.7 Å². The lowest BCUT2D eigenvalue weighted by Crippen LogP contribution is -2.06. The Labute approximate surface area is 69.4 Å². The van der Waals surface area contributed by atoms with Crippen molar-refractivity contribution in [3.8, 4) is 0 Å². The van der Waals surface area contributed by atoms with Gasteiger partial charge in [-0.15, -0.1) is 0 Å². The first-order chi connectivity index (χ1) is 5.27. The van der Waals surface area contributed by atoms with Gasteiger partial charge in [-0.2, -0.15) is 0 Å². The fourth-order valence-corrected chi connectivity index (χ4v) is 1.92. The molecule has 1 aliphatic rings. The number of carbonyl (C=O) groups excluding carboxylic acids is 1. The summed E-state index contributed by atoms with van der Waals surface area (Å²) in [6.07, 6.45) is 2.06. The number of rotatable bonds is 3. The van der Waals surface area contributed by atoms with Crippen LogP contribution < -0.4 is 0 Å². The predicted molar refractivity (Wildman–Crippen MR) is 43.2 cm³/mol. The zero-order valence-electron chi connectivity index (χ0n) is 6.24. The van der Waals surface area contributed by atoms with Crippen LogP contribution in [0.3, 0.4) is 0 Å². The zero-order valence-corrected chi connectivity index (χ0v) is 7.06. The van der Waals surface area contributed by atoms with E-state index in [9.17, 15) is 4.79 Å². The molecule has 1 unspecified atom stereocenters. The number of carbonyl (C=O) groups is 1. The number of methoxy groups -OCH3 is 1. The van der Waals surface area contributed by atoms with Gasteiger partial charge in [0.25, 0.3) is 0 Å². The van der Waals surface area contributed by atoms with E-state index >= 15 is 0 Å². The summed E-state index contributed by atoms with van der Waals surface area (Å²) in [6, 6.07) is 0. The standard InChI is InChI=1S/C7H10O3S/c1-10-5-4-7(9)11-6(5)2-3-8/h4,6,8H,2-3H2,1H3. The minimum Gasteiger partial charge on any atom is -0.500 e. The van der Waals surface area contributed by atoms with Gasteiger partial charge in [-0.25, -0.2) is 0 Å². The molecule has 62 valence electrons. The van der Waals surface area contributed by atoms with Crippen molar-refractivity contribution in [1.29, 1.82) is 0 Å². The molecule has 1 atom stereocenters. The van der Waals surface area contributed by atoms with Crippen LogP contribution in [0.2, 0.25) is 0 Å².